The fourth-order valence-electron chi connectivity index (χ4n) is 0.683. The monoisotopic (exact) mass is 234 g/mol. The quantitative estimate of drug-likeness (QED) is 0.403. The van der Waals surface area contributed by atoms with Gasteiger partial charge in [0.05, 0.1) is 25.2 Å². The first-order valence-electron chi connectivity index (χ1n) is 3.28. The second-order valence-electron chi connectivity index (χ2n) is 2.66. The van der Waals surface area contributed by atoms with Crippen LogP contribution in [0.25, 0.3) is 0 Å². The van der Waals surface area contributed by atoms with E-state index in [9.17, 15) is 8.42 Å². The van der Waals surface area contributed by atoms with Crippen LogP contribution >= 0.6 is 10.7 Å². The van der Waals surface area contributed by atoms with Crippen molar-refractivity contribution in [3.63, 3.8) is 0 Å². The van der Waals surface area contributed by atoms with E-state index in [1.54, 1.807) is 0 Å². The lowest BCUT2D eigenvalue weighted by Crippen LogP contribution is -2.47. The first-order chi connectivity index (χ1) is 5.84. The lowest BCUT2D eigenvalue weighted by molar-refractivity contribution is -0.0500. The number of rotatable bonds is 5. The van der Waals surface area contributed by atoms with E-state index in [1.165, 1.54) is 0 Å². The van der Waals surface area contributed by atoms with Crippen molar-refractivity contribution >= 4 is 19.7 Å². The molecule has 1 unspecified atom stereocenters. The van der Waals surface area contributed by atoms with E-state index in [0.717, 1.165) is 0 Å². The van der Waals surface area contributed by atoms with Gasteiger partial charge in [0.1, 0.15) is 0 Å². The Balaban J connectivity index is 4.96. The lowest BCUT2D eigenvalue weighted by atomic mass is 9.92. The molecule has 6 nitrogen and oxygen atoms in total. The van der Waals surface area contributed by atoms with Crippen LogP contribution in [-0.2, 0) is 9.05 Å². The van der Waals surface area contributed by atoms with Gasteiger partial charge in [-0.1, -0.05) is 0 Å². The van der Waals surface area contributed by atoms with Gasteiger partial charge in [-0.25, -0.2) is 8.42 Å². The summed E-state index contributed by atoms with van der Waals surface area (Å²) in [5.74, 6) is 0. The average molecular weight is 235 g/mol. The van der Waals surface area contributed by atoms with Gasteiger partial charge in [0.15, 0.2) is 5.44 Å². The molecule has 0 aromatic carbocycles. The summed E-state index contributed by atoms with van der Waals surface area (Å²) in [4.78, 5) is 0. The van der Waals surface area contributed by atoms with Crippen LogP contribution in [0.2, 0.25) is 0 Å². The number of aliphatic hydroxyl groups excluding tert-OH is 4. The highest BCUT2D eigenvalue weighted by Crippen LogP contribution is 2.26. The smallest absolute Gasteiger partial charge is 0.260 e. The third-order valence-electron chi connectivity index (χ3n) is 1.74. The maximum absolute atomic E-state index is 10.6. The molecule has 0 radical (unpaired) electrons. The van der Waals surface area contributed by atoms with Crippen molar-refractivity contribution in [3.8, 4) is 0 Å². The molecule has 0 aromatic rings. The van der Waals surface area contributed by atoms with Gasteiger partial charge < -0.3 is 20.4 Å². The molecule has 0 saturated heterocycles. The summed E-state index contributed by atoms with van der Waals surface area (Å²) in [7, 11) is 0.444. The molecule has 0 aliphatic heterocycles. The highest BCUT2D eigenvalue weighted by Gasteiger charge is 2.43. The zero-order valence-electron chi connectivity index (χ0n) is 6.59. The van der Waals surface area contributed by atoms with Crippen molar-refractivity contribution in [2.75, 3.05) is 19.8 Å². The van der Waals surface area contributed by atoms with E-state index in [-0.39, 0.29) is 0 Å². The Morgan fingerprint density at radius 2 is 1.46 bits per heavy atom. The van der Waals surface area contributed by atoms with Gasteiger partial charge in [0.2, 0.25) is 0 Å². The molecule has 0 amide bonds. The molecule has 0 aliphatic carbocycles. The highest BCUT2D eigenvalue weighted by molar-refractivity contribution is 8.14. The summed E-state index contributed by atoms with van der Waals surface area (Å²) in [6.07, 6.45) is 0. The van der Waals surface area contributed by atoms with Crippen LogP contribution in [-0.4, -0.2) is 54.1 Å². The zero-order valence-corrected chi connectivity index (χ0v) is 8.16. The summed E-state index contributed by atoms with van der Waals surface area (Å²) < 4.78 is 21.3. The number of halogens is 1. The third kappa shape index (κ3) is 2.76. The minimum Gasteiger partial charge on any atom is -0.395 e. The SMILES string of the molecule is O=S(=O)(Cl)C(O)C(CO)(CO)CO. The molecule has 0 rings (SSSR count). The normalized spacial score (nSPS) is 15.8. The van der Waals surface area contributed by atoms with Crippen LogP contribution in [0, 0.1) is 5.41 Å². The fraction of sp³-hybridized carbons (Fsp3) is 1.00. The van der Waals surface area contributed by atoms with Gasteiger partial charge in [-0.15, -0.1) is 0 Å². The molecule has 0 spiro atoms. The van der Waals surface area contributed by atoms with Gasteiger partial charge >= 0.3 is 0 Å². The van der Waals surface area contributed by atoms with E-state index in [0.29, 0.717) is 0 Å². The van der Waals surface area contributed by atoms with Crippen molar-refractivity contribution in [1.29, 1.82) is 0 Å². The maximum atomic E-state index is 10.6. The van der Waals surface area contributed by atoms with Crippen LogP contribution in [0.5, 0.6) is 0 Å². The van der Waals surface area contributed by atoms with E-state index in [1.807, 2.05) is 0 Å². The molecule has 0 heterocycles. The first kappa shape index (κ1) is 13.1. The molecule has 13 heavy (non-hydrogen) atoms. The second kappa shape index (κ2) is 4.54. The Morgan fingerprint density at radius 3 is 1.54 bits per heavy atom. The van der Waals surface area contributed by atoms with Crippen LogP contribution in [0.1, 0.15) is 0 Å². The summed E-state index contributed by atoms with van der Waals surface area (Å²) in [6, 6.07) is 0. The van der Waals surface area contributed by atoms with E-state index in [2.05, 4.69) is 0 Å². The van der Waals surface area contributed by atoms with Gasteiger partial charge in [-0.05, 0) is 0 Å². The summed E-state index contributed by atoms with van der Waals surface area (Å²) in [6.45, 7) is -2.69. The van der Waals surface area contributed by atoms with Crippen molar-refractivity contribution in [2.45, 2.75) is 5.44 Å². The van der Waals surface area contributed by atoms with Gasteiger partial charge in [0, 0.05) is 10.7 Å². The number of hydrogen-bond donors (Lipinski definition) is 4. The Labute approximate surface area is 79.8 Å². The Bertz CT molecular complexity index is 237. The van der Waals surface area contributed by atoms with E-state index < -0.39 is 39.7 Å². The van der Waals surface area contributed by atoms with E-state index in [4.69, 9.17) is 31.1 Å². The third-order valence-corrected chi connectivity index (χ3v) is 3.27. The summed E-state index contributed by atoms with van der Waals surface area (Å²) >= 11 is 0. The first-order valence-corrected chi connectivity index (χ1v) is 5.65. The zero-order chi connectivity index (χ0) is 10.7. The predicted octanol–water partition coefficient (Wildman–Crippen LogP) is -2.16. The molecule has 0 aromatic heterocycles. The Kier molecular flexibility index (Phi) is 4.56. The maximum Gasteiger partial charge on any atom is 0.260 e. The second-order valence-corrected chi connectivity index (χ2v) is 5.35. The molecule has 80 valence electrons. The van der Waals surface area contributed by atoms with Crippen LogP contribution < -0.4 is 0 Å². The summed E-state index contributed by atoms with van der Waals surface area (Å²) in [5, 5.41) is 35.2. The van der Waals surface area contributed by atoms with Gasteiger partial charge in [-0.2, -0.15) is 0 Å². The van der Waals surface area contributed by atoms with Crippen LogP contribution in [0.15, 0.2) is 0 Å². The van der Waals surface area contributed by atoms with Crippen molar-refractivity contribution in [2.24, 2.45) is 5.41 Å². The van der Waals surface area contributed by atoms with Crippen molar-refractivity contribution < 1.29 is 28.8 Å². The lowest BCUT2D eigenvalue weighted by Gasteiger charge is -2.30. The van der Waals surface area contributed by atoms with Gasteiger partial charge in [0.25, 0.3) is 9.05 Å². The van der Waals surface area contributed by atoms with Crippen molar-refractivity contribution in [3.05, 3.63) is 0 Å². The molecule has 0 saturated carbocycles. The molecule has 0 aliphatic rings. The molecular formula is C5H11ClO6S. The molecule has 0 bridgehead atoms. The highest BCUT2D eigenvalue weighted by atomic mass is 35.7. The topological polar surface area (TPSA) is 115 Å². The van der Waals surface area contributed by atoms with Crippen molar-refractivity contribution in [1.82, 2.24) is 0 Å². The minimum absolute atomic E-state index is 0.896. The molecular weight excluding hydrogens is 224 g/mol. The number of hydrogen-bond acceptors (Lipinski definition) is 6. The Hall–Kier alpha value is 0.0800. The summed E-state index contributed by atoms with van der Waals surface area (Å²) in [5.41, 5.74) is -4.14. The molecule has 8 heteroatoms. The van der Waals surface area contributed by atoms with Crippen LogP contribution in [0.4, 0.5) is 0 Å². The minimum atomic E-state index is -4.35. The molecule has 1 atom stereocenters. The predicted molar refractivity (Wildman–Crippen MR) is 44.5 cm³/mol. The fourth-order valence-corrected chi connectivity index (χ4v) is 2.07. The standard InChI is InChI=1S/C5H11ClO6S/c6-13(11,12)4(10)5(1-7,2-8)3-9/h4,7-10H,1-3H2. The molecule has 0 fully saturated rings. The average Bonchev–Trinajstić information content (AvgIpc) is 2.07. The number of aliphatic hydroxyl groups is 4. The van der Waals surface area contributed by atoms with Crippen LogP contribution in [0.3, 0.4) is 0 Å². The largest absolute Gasteiger partial charge is 0.395 e. The Morgan fingerprint density at radius 1 is 1.15 bits per heavy atom. The van der Waals surface area contributed by atoms with Gasteiger partial charge in [-0.3, -0.25) is 0 Å². The molecule has 4 N–H and O–H groups in total. The van der Waals surface area contributed by atoms with E-state index >= 15 is 0 Å².